The fraction of sp³-hybridized carbons (Fsp3) is 0.385. The van der Waals surface area contributed by atoms with Crippen molar-refractivity contribution in [3.05, 3.63) is 34.9 Å². The summed E-state index contributed by atoms with van der Waals surface area (Å²) in [5, 5.41) is 9.33. The van der Waals surface area contributed by atoms with Crippen molar-refractivity contribution in [2.75, 3.05) is 13.6 Å². The van der Waals surface area contributed by atoms with Gasteiger partial charge in [-0.05, 0) is 11.6 Å². The molecule has 1 atom stereocenters. The Labute approximate surface area is 111 Å². The Morgan fingerprint density at radius 1 is 1.39 bits per heavy atom. The Bertz CT molecular complexity index is 448. The molecule has 0 saturated heterocycles. The van der Waals surface area contributed by atoms with Crippen LogP contribution in [0.2, 0.25) is 5.02 Å². The average molecular weight is 270 g/mol. The molecule has 1 rings (SSSR count). The molecule has 1 N–H and O–H groups in total. The van der Waals surface area contributed by atoms with E-state index in [1.807, 2.05) is 6.07 Å². The first-order valence-electron chi connectivity index (χ1n) is 5.62. The van der Waals surface area contributed by atoms with Crippen LogP contribution in [-0.4, -0.2) is 35.5 Å². The number of carbonyl (C=O) groups excluding carboxylic acids is 1. The quantitative estimate of drug-likeness (QED) is 0.890. The molecule has 1 amide bonds. The van der Waals surface area contributed by atoms with E-state index >= 15 is 0 Å². The Morgan fingerprint density at radius 3 is 2.56 bits per heavy atom. The van der Waals surface area contributed by atoms with Gasteiger partial charge in [-0.1, -0.05) is 36.7 Å². The molecule has 0 aromatic heterocycles. The predicted octanol–water partition coefficient (Wildman–Crippen LogP) is 2.06. The van der Waals surface area contributed by atoms with Crippen molar-refractivity contribution < 1.29 is 14.7 Å². The van der Waals surface area contributed by atoms with Gasteiger partial charge in [-0.25, -0.2) is 0 Å². The summed E-state index contributed by atoms with van der Waals surface area (Å²) in [5.74, 6) is -1.63. The molecule has 0 saturated carbocycles. The van der Waals surface area contributed by atoms with Gasteiger partial charge in [0.25, 0.3) is 0 Å². The number of nitrogens with zero attached hydrogens (tertiary/aromatic N) is 1. The number of carboxylic acids is 1. The zero-order chi connectivity index (χ0) is 13.7. The smallest absolute Gasteiger partial charge is 0.308 e. The van der Waals surface area contributed by atoms with Crippen molar-refractivity contribution in [3.63, 3.8) is 0 Å². The fourth-order valence-electron chi connectivity index (χ4n) is 1.53. The molecule has 98 valence electrons. The molecule has 18 heavy (non-hydrogen) atoms. The Balaban J connectivity index is 2.61. The molecule has 1 aromatic carbocycles. The topological polar surface area (TPSA) is 57.6 Å². The van der Waals surface area contributed by atoms with Crippen molar-refractivity contribution in [2.45, 2.75) is 13.3 Å². The number of halogens is 1. The summed E-state index contributed by atoms with van der Waals surface area (Å²) in [5.41, 5.74) is 0.749. The number of likely N-dealkylation sites (N-methyl/N-ethyl adjacent to an activating group) is 1. The highest BCUT2D eigenvalue weighted by Crippen LogP contribution is 2.16. The van der Waals surface area contributed by atoms with Gasteiger partial charge in [-0.15, -0.1) is 0 Å². The molecule has 0 aliphatic rings. The normalized spacial score (nSPS) is 11.9. The minimum atomic E-state index is -0.910. The third kappa shape index (κ3) is 4.04. The van der Waals surface area contributed by atoms with Gasteiger partial charge in [0, 0.05) is 18.6 Å². The molecule has 1 aromatic rings. The fourth-order valence-corrected chi connectivity index (χ4v) is 1.73. The van der Waals surface area contributed by atoms with Crippen LogP contribution < -0.4 is 0 Å². The Hall–Kier alpha value is -1.55. The van der Waals surface area contributed by atoms with Crippen LogP contribution in [0, 0.1) is 5.92 Å². The van der Waals surface area contributed by atoms with Crippen LogP contribution >= 0.6 is 11.6 Å². The molecular formula is C13H16ClNO3. The second kappa shape index (κ2) is 6.40. The van der Waals surface area contributed by atoms with E-state index in [2.05, 4.69) is 0 Å². The Kier molecular flexibility index (Phi) is 5.16. The number of benzene rings is 1. The van der Waals surface area contributed by atoms with Crippen molar-refractivity contribution in [1.29, 1.82) is 0 Å². The molecule has 0 aliphatic carbocycles. The average Bonchev–Trinajstić information content (AvgIpc) is 2.31. The van der Waals surface area contributed by atoms with Crippen LogP contribution in [0.1, 0.15) is 12.5 Å². The summed E-state index contributed by atoms with van der Waals surface area (Å²) < 4.78 is 0. The maximum absolute atomic E-state index is 11.9. The molecule has 0 radical (unpaired) electrons. The molecule has 0 fully saturated rings. The maximum Gasteiger partial charge on any atom is 0.308 e. The minimum Gasteiger partial charge on any atom is -0.481 e. The number of carboxylic acid groups (broad SMARTS) is 1. The SMILES string of the molecule is CC(CN(C)C(=O)Cc1ccccc1Cl)C(=O)O. The largest absolute Gasteiger partial charge is 0.481 e. The van der Waals surface area contributed by atoms with Crippen LogP contribution in [0.3, 0.4) is 0 Å². The van der Waals surface area contributed by atoms with Crippen molar-refractivity contribution in [1.82, 2.24) is 4.90 Å². The number of carbonyl (C=O) groups is 2. The van der Waals surface area contributed by atoms with E-state index in [1.165, 1.54) is 4.90 Å². The van der Waals surface area contributed by atoms with E-state index in [4.69, 9.17) is 16.7 Å². The second-order valence-corrected chi connectivity index (χ2v) is 4.69. The first-order chi connectivity index (χ1) is 8.41. The van der Waals surface area contributed by atoms with E-state index < -0.39 is 11.9 Å². The van der Waals surface area contributed by atoms with Crippen LogP contribution in [0.15, 0.2) is 24.3 Å². The van der Waals surface area contributed by atoms with E-state index in [1.54, 1.807) is 32.2 Å². The predicted molar refractivity (Wildman–Crippen MR) is 69.6 cm³/mol. The summed E-state index contributed by atoms with van der Waals surface area (Å²) in [4.78, 5) is 24.0. The lowest BCUT2D eigenvalue weighted by atomic mass is 10.1. The highest BCUT2D eigenvalue weighted by Gasteiger charge is 2.18. The molecule has 4 nitrogen and oxygen atoms in total. The third-order valence-electron chi connectivity index (χ3n) is 2.69. The maximum atomic E-state index is 11.9. The number of aliphatic carboxylic acids is 1. The van der Waals surface area contributed by atoms with E-state index in [9.17, 15) is 9.59 Å². The molecule has 5 heteroatoms. The molecule has 0 spiro atoms. The zero-order valence-electron chi connectivity index (χ0n) is 10.4. The van der Waals surface area contributed by atoms with Gasteiger partial charge in [0.1, 0.15) is 0 Å². The number of amides is 1. The van der Waals surface area contributed by atoms with Crippen LogP contribution in [0.25, 0.3) is 0 Å². The van der Waals surface area contributed by atoms with Crippen LogP contribution in [0.4, 0.5) is 0 Å². The molecule has 0 bridgehead atoms. The summed E-state index contributed by atoms with van der Waals surface area (Å²) >= 11 is 5.96. The van der Waals surface area contributed by atoms with Crippen molar-refractivity contribution >= 4 is 23.5 Å². The first-order valence-corrected chi connectivity index (χ1v) is 5.99. The zero-order valence-corrected chi connectivity index (χ0v) is 11.1. The summed E-state index contributed by atoms with van der Waals surface area (Å²) in [6, 6.07) is 7.12. The van der Waals surface area contributed by atoms with Crippen LogP contribution in [0.5, 0.6) is 0 Å². The lowest BCUT2D eigenvalue weighted by Gasteiger charge is -2.19. The van der Waals surface area contributed by atoms with E-state index in [0.717, 1.165) is 5.56 Å². The minimum absolute atomic E-state index is 0.142. The number of hydrogen-bond donors (Lipinski definition) is 1. The monoisotopic (exact) mass is 269 g/mol. The Morgan fingerprint density at radius 2 is 2.00 bits per heavy atom. The van der Waals surface area contributed by atoms with E-state index in [-0.39, 0.29) is 18.9 Å². The first kappa shape index (κ1) is 14.5. The third-order valence-corrected chi connectivity index (χ3v) is 3.06. The van der Waals surface area contributed by atoms with Gasteiger partial charge < -0.3 is 10.0 Å². The summed E-state index contributed by atoms with van der Waals surface area (Å²) in [6.45, 7) is 1.76. The highest BCUT2D eigenvalue weighted by atomic mass is 35.5. The molecule has 0 aliphatic heterocycles. The highest BCUT2D eigenvalue weighted by molar-refractivity contribution is 6.31. The van der Waals surface area contributed by atoms with Gasteiger partial charge in [-0.3, -0.25) is 9.59 Å². The second-order valence-electron chi connectivity index (χ2n) is 4.28. The number of hydrogen-bond acceptors (Lipinski definition) is 2. The summed E-state index contributed by atoms with van der Waals surface area (Å²) in [7, 11) is 1.60. The van der Waals surface area contributed by atoms with Gasteiger partial charge in [0.15, 0.2) is 0 Å². The molecule has 1 unspecified atom stereocenters. The molecular weight excluding hydrogens is 254 g/mol. The summed E-state index contributed by atoms with van der Waals surface area (Å²) in [6.07, 6.45) is 0.183. The lowest BCUT2D eigenvalue weighted by molar-refractivity contribution is -0.142. The van der Waals surface area contributed by atoms with Gasteiger partial charge in [0.05, 0.1) is 12.3 Å². The lowest BCUT2D eigenvalue weighted by Crippen LogP contribution is -2.34. The van der Waals surface area contributed by atoms with Gasteiger partial charge >= 0.3 is 5.97 Å². The van der Waals surface area contributed by atoms with E-state index in [0.29, 0.717) is 5.02 Å². The number of rotatable bonds is 5. The van der Waals surface area contributed by atoms with Crippen molar-refractivity contribution in [2.24, 2.45) is 5.92 Å². The van der Waals surface area contributed by atoms with Crippen LogP contribution in [-0.2, 0) is 16.0 Å². The van der Waals surface area contributed by atoms with Gasteiger partial charge in [0.2, 0.25) is 5.91 Å². The van der Waals surface area contributed by atoms with Gasteiger partial charge in [-0.2, -0.15) is 0 Å². The standard InChI is InChI=1S/C13H16ClNO3/c1-9(13(17)18)8-15(2)12(16)7-10-5-3-4-6-11(10)14/h3-6,9H,7-8H2,1-2H3,(H,17,18). The van der Waals surface area contributed by atoms with Crippen molar-refractivity contribution in [3.8, 4) is 0 Å². The molecule has 0 heterocycles.